The van der Waals surface area contributed by atoms with Crippen LogP contribution in [-0.2, 0) is 6.18 Å². The van der Waals surface area contributed by atoms with Gasteiger partial charge in [-0.15, -0.1) is 0 Å². The molecule has 5 nitrogen and oxygen atoms in total. The molecule has 3 rings (SSSR count). The second kappa shape index (κ2) is 6.23. The minimum atomic E-state index is -4.86. The Kier molecular flexibility index (Phi) is 4.27. The number of amides is 1. The third-order valence-corrected chi connectivity index (χ3v) is 3.78. The van der Waals surface area contributed by atoms with Crippen LogP contribution < -0.4 is 10.6 Å². The second-order valence-corrected chi connectivity index (χ2v) is 5.50. The van der Waals surface area contributed by atoms with Gasteiger partial charge in [-0.2, -0.15) is 18.3 Å². The second-order valence-electron chi connectivity index (χ2n) is 5.50. The summed E-state index contributed by atoms with van der Waals surface area (Å²) in [7, 11) is 0. The Balaban J connectivity index is 1.95. The highest BCUT2D eigenvalue weighted by Crippen LogP contribution is 2.34. The average molecular weight is 342 g/mol. The van der Waals surface area contributed by atoms with Gasteiger partial charge in [0.05, 0.1) is 11.8 Å². The van der Waals surface area contributed by atoms with E-state index in [1.165, 1.54) is 18.2 Å². The Labute approximate surface area is 134 Å². The number of carbonyl (C=O) groups is 1. The number of hydrogen-bond donors (Lipinski definition) is 2. The summed E-state index contributed by atoms with van der Waals surface area (Å²) in [6, 6.07) is 4.94. The van der Waals surface area contributed by atoms with Gasteiger partial charge in [0.1, 0.15) is 11.5 Å². The molecule has 0 saturated carbocycles. The maximum atomic E-state index is 13.8. The Morgan fingerprint density at radius 2 is 2.04 bits per heavy atom. The molecule has 1 aromatic carbocycles. The van der Waals surface area contributed by atoms with Crippen LogP contribution in [-0.4, -0.2) is 35.3 Å². The number of benzene rings is 1. The van der Waals surface area contributed by atoms with E-state index in [0.717, 1.165) is 12.3 Å². The third-order valence-electron chi connectivity index (χ3n) is 3.78. The van der Waals surface area contributed by atoms with E-state index < -0.39 is 29.2 Å². The molecule has 0 aliphatic carbocycles. The van der Waals surface area contributed by atoms with Crippen molar-refractivity contribution in [1.82, 2.24) is 20.4 Å². The van der Waals surface area contributed by atoms with Gasteiger partial charge in [-0.05, 0) is 12.1 Å². The van der Waals surface area contributed by atoms with Crippen molar-refractivity contribution in [2.75, 3.05) is 19.6 Å². The molecule has 1 amide bonds. The molecule has 2 heterocycles. The Bertz CT molecular complexity index is 752. The molecule has 1 aliphatic rings. The maximum absolute atomic E-state index is 13.8. The van der Waals surface area contributed by atoms with Crippen LogP contribution in [0.2, 0.25) is 0 Å². The van der Waals surface area contributed by atoms with Crippen LogP contribution in [0.25, 0.3) is 5.69 Å². The van der Waals surface area contributed by atoms with Crippen LogP contribution in [0, 0.1) is 11.7 Å². The summed E-state index contributed by atoms with van der Waals surface area (Å²) in [5.74, 6) is -1.54. The van der Waals surface area contributed by atoms with E-state index in [1.54, 1.807) is 0 Å². The molecular formula is C15H14F4N4O. The van der Waals surface area contributed by atoms with Gasteiger partial charge in [0.2, 0.25) is 0 Å². The molecule has 2 aromatic rings. The summed E-state index contributed by atoms with van der Waals surface area (Å²) >= 11 is 0. The largest absolute Gasteiger partial charge is 0.434 e. The highest BCUT2D eigenvalue weighted by atomic mass is 19.4. The lowest BCUT2D eigenvalue weighted by molar-refractivity contribution is -0.143. The van der Waals surface area contributed by atoms with E-state index >= 15 is 0 Å². The molecule has 2 N–H and O–H groups in total. The van der Waals surface area contributed by atoms with Gasteiger partial charge in [0, 0.05) is 25.6 Å². The first-order valence-electron chi connectivity index (χ1n) is 7.27. The van der Waals surface area contributed by atoms with E-state index in [1.807, 2.05) is 0 Å². The average Bonchev–Trinajstić information content (AvgIpc) is 2.90. The van der Waals surface area contributed by atoms with Crippen molar-refractivity contribution < 1.29 is 22.4 Å². The smallest absolute Gasteiger partial charge is 0.352 e. The summed E-state index contributed by atoms with van der Waals surface area (Å²) in [6.45, 7) is 1.69. The predicted molar refractivity (Wildman–Crippen MR) is 77.2 cm³/mol. The van der Waals surface area contributed by atoms with E-state index in [-0.39, 0.29) is 18.2 Å². The normalized spacial score (nSPS) is 15.2. The van der Waals surface area contributed by atoms with E-state index in [4.69, 9.17) is 0 Å². The number of nitrogens with zero attached hydrogens (tertiary/aromatic N) is 2. The third kappa shape index (κ3) is 3.12. The number of halogens is 4. The molecule has 0 radical (unpaired) electrons. The highest BCUT2D eigenvalue weighted by molar-refractivity contribution is 5.95. The SMILES string of the molecule is O=C(NCC1CNC1)c1cnn(-c2ccccc2F)c1C(F)(F)F. The van der Waals surface area contributed by atoms with Crippen LogP contribution in [0.5, 0.6) is 0 Å². The summed E-state index contributed by atoms with van der Waals surface area (Å²) in [6.07, 6.45) is -4.05. The number of nitrogens with one attached hydrogen (secondary N) is 2. The molecule has 9 heteroatoms. The summed E-state index contributed by atoms with van der Waals surface area (Å²) in [5, 5.41) is 9.05. The number of rotatable bonds is 4. The van der Waals surface area contributed by atoms with Gasteiger partial charge in [0.15, 0.2) is 5.69 Å². The zero-order valence-electron chi connectivity index (χ0n) is 12.4. The van der Waals surface area contributed by atoms with Gasteiger partial charge in [-0.25, -0.2) is 9.07 Å². The Morgan fingerprint density at radius 3 is 2.62 bits per heavy atom. The van der Waals surface area contributed by atoms with Gasteiger partial charge < -0.3 is 10.6 Å². The van der Waals surface area contributed by atoms with Crippen LogP contribution in [0.1, 0.15) is 16.1 Å². The molecule has 0 bridgehead atoms. The maximum Gasteiger partial charge on any atom is 0.434 e. The van der Waals surface area contributed by atoms with E-state index in [9.17, 15) is 22.4 Å². The molecule has 1 saturated heterocycles. The fourth-order valence-electron chi connectivity index (χ4n) is 2.42. The van der Waals surface area contributed by atoms with Crippen molar-refractivity contribution in [3.8, 4) is 5.69 Å². The topological polar surface area (TPSA) is 59.0 Å². The first-order chi connectivity index (χ1) is 11.4. The number of hydrogen-bond acceptors (Lipinski definition) is 3. The first-order valence-corrected chi connectivity index (χ1v) is 7.27. The van der Waals surface area contributed by atoms with E-state index in [2.05, 4.69) is 15.7 Å². The van der Waals surface area contributed by atoms with Crippen molar-refractivity contribution in [2.24, 2.45) is 5.92 Å². The van der Waals surface area contributed by atoms with Crippen LogP contribution in [0.3, 0.4) is 0 Å². The van der Waals surface area contributed by atoms with Crippen LogP contribution in [0.4, 0.5) is 17.6 Å². The Morgan fingerprint density at radius 1 is 1.33 bits per heavy atom. The Hall–Kier alpha value is -2.42. The number of carbonyl (C=O) groups excluding carboxylic acids is 1. The lowest BCUT2D eigenvalue weighted by atomic mass is 10.0. The van der Waals surface area contributed by atoms with Gasteiger partial charge in [-0.3, -0.25) is 4.79 Å². The standard InChI is InChI=1S/C15H14F4N4O/c16-11-3-1-2-4-12(11)23-13(15(17,18)19)10(8-22-23)14(24)21-7-9-5-20-6-9/h1-4,8-9,20H,5-7H2,(H,21,24). The summed E-state index contributed by atoms with van der Waals surface area (Å²) in [5.41, 5.74) is -2.29. The van der Waals surface area contributed by atoms with Gasteiger partial charge in [0.25, 0.3) is 5.91 Å². The quantitative estimate of drug-likeness (QED) is 0.836. The fraction of sp³-hybridized carbons (Fsp3) is 0.333. The monoisotopic (exact) mass is 342 g/mol. The molecule has 0 unspecified atom stereocenters. The van der Waals surface area contributed by atoms with Crippen LogP contribution in [0.15, 0.2) is 30.5 Å². The van der Waals surface area contributed by atoms with Gasteiger partial charge >= 0.3 is 6.18 Å². The highest BCUT2D eigenvalue weighted by Gasteiger charge is 2.41. The molecule has 1 fully saturated rings. The predicted octanol–water partition coefficient (Wildman–Crippen LogP) is 1.98. The molecule has 0 spiro atoms. The molecule has 128 valence electrons. The molecule has 1 aromatic heterocycles. The zero-order chi connectivity index (χ0) is 17.3. The van der Waals surface area contributed by atoms with Crippen LogP contribution >= 0.6 is 0 Å². The molecule has 24 heavy (non-hydrogen) atoms. The number of aromatic nitrogens is 2. The van der Waals surface area contributed by atoms with E-state index in [0.29, 0.717) is 17.8 Å². The van der Waals surface area contributed by atoms with Gasteiger partial charge in [-0.1, -0.05) is 12.1 Å². The van der Waals surface area contributed by atoms with Crippen molar-refractivity contribution in [1.29, 1.82) is 0 Å². The van der Waals surface area contributed by atoms with Crippen molar-refractivity contribution in [3.63, 3.8) is 0 Å². The molecule has 1 aliphatic heterocycles. The molecule has 0 atom stereocenters. The lowest BCUT2D eigenvalue weighted by Gasteiger charge is -2.27. The summed E-state index contributed by atoms with van der Waals surface area (Å²) < 4.78 is 54.5. The minimum absolute atomic E-state index is 0.199. The first kappa shape index (κ1) is 16.4. The molecular weight excluding hydrogens is 328 g/mol. The van der Waals surface area contributed by atoms with Crippen molar-refractivity contribution >= 4 is 5.91 Å². The van der Waals surface area contributed by atoms with Crippen molar-refractivity contribution in [2.45, 2.75) is 6.18 Å². The zero-order valence-corrected chi connectivity index (χ0v) is 12.4. The van der Waals surface area contributed by atoms with Crippen molar-refractivity contribution in [3.05, 3.63) is 47.5 Å². The minimum Gasteiger partial charge on any atom is -0.352 e. The number of alkyl halides is 3. The fourth-order valence-corrected chi connectivity index (χ4v) is 2.42. The summed E-state index contributed by atoms with van der Waals surface area (Å²) in [4.78, 5) is 12.1. The number of para-hydroxylation sites is 1. The lowest BCUT2D eigenvalue weighted by Crippen LogP contribution is -2.48.